The lowest BCUT2D eigenvalue weighted by Gasteiger charge is -2.16. The Morgan fingerprint density at radius 3 is 2.61 bits per heavy atom. The fraction of sp³-hybridized carbons (Fsp3) is 0.412. The van der Waals surface area contributed by atoms with Crippen LogP contribution < -0.4 is 5.32 Å². The van der Waals surface area contributed by atoms with Gasteiger partial charge in [0.25, 0.3) is 0 Å². The third-order valence-corrected chi connectivity index (χ3v) is 4.02. The molecule has 1 unspecified atom stereocenters. The summed E-state index contributed by atoms with van der Waals surface area (Å²) in [5.41, 5.74) is 1.45. The molecule has 0 amide bonds. The van der Waals surface area contributed by atoms with E-state index in [0.717, 1.165) is 12.3 Å². The van der Waals surface area contributed by atoms with Gasteiger partial charge in [-0.1, -0.05) is 55.3 Å². The molecule has 18 heavy (non-hydrogen) atoms. The SMILES string of the molecule is CNC(Cc1ccc2ccccc2c1)CC1CC1. The van der Waals surface area contributed by atoms with Crippen molar-refractivity contribution in [2.24, 2.45) is 5.92 Å². The lowest BCUT2D eigenvalue weighted by Crippen LogP contribution is -2.28. The molecule has 0 saturated heterocycles. The summed E-state index contributed by atoms with van der Waals surface area (Å²) in [4.78, 5) is 0. The number of fused-ring (bicyclic) bond motifs is 1. The van der Waals surface area contributed by atoms with Crippen LogP contribution in [0.3, 0.4) is 0 Å². The Bertz CT molecular complexity index is 528. The average Bonchev–Trinajstić information content (AvgIpc) is 3.22. The summed E-state index contributed by atoms with van der Waals surface area (Å²) in [6.07, 6.45) is 5.37. The number of benzene rings is 2. The van der Waals surface area contributed by atoms with Gasteiger partial charge >= 0.3 is 0 Å². The lowest BCUT2D eigenvalue weighted by molar-refractivity contribution is 0.491. The van der Waals surface area contributed by atoms with Gasteiger partial charge in [0.2, 0.25) is 0 Å². The van der Waals surface area contributed by atoms with Crippen LogP contribution in [0.5, 0.6) is 0 Å². The Hall–Kier alpha value is -1.34. The summed E-state index contributed by atoms with van der Waals surface area (Å²) >= 11 is 0. The van der Waals surface area contributed by atoms with Gasteiger partial charge in [0.05, 0.1) is 0 Å². The number of likely N-dealkylation sites (N-methyl/N-ethyl adjacent to an activating group) is 1. The predicted octanol–water partition coefficient (Wildman–Crippen LogP) is 3.77. The largest absolute Gasteiger partial charge is 0.317 e. The highest BCUT2D eigenvalue weighted by atomic mass is 14.9. The second kappa shape index (κ2) is 5.11. The number of rotatable bonds is 5. The van der Waals surface area contributed by atoms with Crippen LogP contribution in [0.4, 0.5) is 0 Å². The molecule has 94 valence electrons. The molecule has 0 aromatic heterocycles. The van der Waals surface area contributed by atoms with Crippen LogP contribution in [0.25, 0.3) is 10.8 Å². The van der Waals surface area contributed by atoms with Gasteiger partial charge in [0.1, 0.15) is 0 Å². The molecule has 1 N–H and O–H groups in total. The molecular weight excluding hydrogens is 218 g/mol. The number of nitrogens with one attached hydrogen (secondary N) is 1. The molecule has 1 fully saturated rings. The van der Waals surface area contributed by atoms with Crippen LogP contribution in [0.1, 0.15) is 24.8 Å². The zero-order valence-corrected chi connectivity index (χ0v) is 11.0. The molecule has 1 aliphatic carbocycles. The van der Waals surface area contributed by atoms with Crippen LogP contribution in [-0.4, -0.2) is 13.1 Å². The molecule has 0 heterocycles. The first-order valence-electron chi connectivity index (χ1n) is 7.00. The van der Waals surface area contributed by atoms with Gasteiger partial charge in [0, 0.05) is 6.04 Å². The van der Waals surface area contributed by atoms with E-state index in [2.05, 4.69) is 54.8 Å². The van der Waals surface area contributed by atoms with Crippen molar-refractivity contribution in [2.45, 2.75) is 31.7 Å². The lowest BCUT2D eigenvalue weighted by atomic mass is 9.99. The van der Waals surface area contributed by atoms with Crippen LogP contribution in [0.2, 0.25) is 0 Å². The van der Waals surface area contributed by atoms with Gasteiger partial charge in [0.15, 0.2) is 0 Å². The molecule has 1 saturated carbocycles. The minimum Gasteiger partial charge on any atom is -0.317 e. The van der Waals surface area contributed by atoms with Gasteiger partial charge in [-0.15, -0.1) is 0 Å². The molecule has 1 heteroatoms. The van der Waals surface area contributed by atoms with E-state index < -0.39 is 0 Å². The van der Waals surface area contributed by atoms with Crippen molar-refractivity contribution in [3.63, 3.8) is 0 Å². The van der Waals surface area contributed by atoms with E-state index in [1.54, 1.807) is 0 Å². The quantitative estimate of drug-likeness (QED) is 0.837. The van der Waals surface area contributed by atoms with Crippen molar-refractivity contribution in [3.8, 4) is 0 Å². The molecule has 1 aliphatic rings. The molecule has 2 aromatic rings. The van der Waals surface area contributed by atoms with Crippen LogP contribution in [0, 0.1) is 5.92 Å². The van der Waals surface area contributed by atoms with Crippen molar-refractivity contribution < 1.29 is 0 Å². The average molecular weight is 239 g/mol. The Labute approximate surface area is 109 Å². The molecule has 3 rings (SSSR count). The Morgan fingerprint density at radius 1 is 1.11 bits per heavy atom. The summed E-state index contributed by atoms with van der Waals surface area (Å²) < 4.78 is 0. The molecule has 0 spiro atoms. The number of hydrogen-bond acceptors (Lipinski definition) is 1. The zero-order chi connectivity index (χ0) is 12.4. The van der Waals surface area contributed by atoms with E-state index in [0.29, 0.717) is 6.04 Å². The molecule has 1 nitrogen and oxygen atoms in total. The second-order valence-electron chi connectivity index (χ2n) is 5.55. The maximum Gasteiger partial charge on any atom is 0.0107 e. The molecule has 2 aromatic carbocycles. The van der Waals surface area contributed by atoms with E-state index in [-0.39, 0.29) is 0 Å². The van der Waals surface area contributed by atoms with E-state index in [9.17, 15) is 0 Å². The van der Waals surface area contributed by atoms with Crippen molar-refractivity contribution in [3.05, 3.63) is 48.0 Å². The van der Waals surface area contributed by atoms with Crippen LogP contribution in [0.15, 0.2) is 42.5 Å². The standard InChI is InChI=1S/C17H21N/c1-18-17(11-13-6-7-13)12-14-8-9-15-4-2-3-5-16(15)10-14/h2-5,8-10,13,17-18H,6-7,11-12H2,1H3. The first kappa shape index (κ1) is 11.7. The van der Waals surface area contributed by atoms with Crippen molar-refractivity contribution in [1.29, 1.82) is 0 Å². The molecule has 0 radical (unpaired) electrons. The highest BCUT2D eigenvalue weighted by molar-refractivity contribution is 5.82. The van der Waals surface area contributed by atoms with Gasteiger partial charge in [-0.3, -0.25) is 0 Å². The maximum atomic E-state index is 3.47. The third kappa shape index (κ3) is 2.73. The summed E-state index contributed by atoms with van der Waals surface area (Å²) in [5.74, 6) is 0.989. The molecule has 0 aliphatic heterocycles. The fourth-order valence-corrected chi connectivity index (χ4v) is 2.71. The molecule has 0 bridgehead atoms. The first-order valence-corrected chi connectivity index (χ1v) is 7.00. The van der Waals surface area contributed by atoms with Crippen LogP contribution >= 0.6 is 0 Å². The zero-order valence-electron chi connectivity index (χ0n) is 11.0. The summed E-state index contributed by atoms with van der Waals surface area (Å²) in [6, 6.07) is 16.1. The third-order valence-electron chi connectivity index (χ3n) is 4.02. The first-order chi connectivity index (χ1) is 8.85. The normalized spacial score (nSPS) is 16.9. The van der Waals surface area contributed by atoms with Crippen molar-refractivity contribution in [2.75, 3.05) is 7.05 Å². The highest BCUT2D eigenvalue weighted by Gasteiger charge is 2.24. The summed E-state index contributed by atoms with van der Waals surface area (Å²) in [5, 5.41) is 6.17. The highest BCUT2D eigenvalue weighted by Crippen LogP contribution is 2.34. The monoisotopic (exact) mass is 239 g/mol. The Balaban J connectivity index is 1.76. The van der Waals surface area contributed by atoms with E-state index in [4.69, 9.17) is 0 Å². The summed E-state index contributed by atoms with van der Waals surface area (Å²) in [7, 11) is 2.09. The van der Waals surface area contributed by atoms with Crippen LogP contribution in [-0.2, 0) is 6.42 Å². The van der Waals surface area contributed by atoms with Gasteiger partial charge in [-0.05, 0) is 42.1 Å². The van der Waals surface area contributed by atoms with E-state index in [1.165, 1.54) is 35.6 Å². The Kier molecular flexibility index (Phi) is 3.33. The van der Waals surface area contributed by atoms with Gasteiger partial charge in [-0.2, -0.15) is 0 Å². The maximum absolute atomic E-state index is 3.47. The number of hydrogen-bond donors (Lipinski definition) is 1. The molecular formula is C17H21N. The predicted molar refractivity (Wildman–Crippen MR) is 77.8 cm³/mol. The van der Waals surface area contributed by atoms with Gasteiger partial charge < -0.3 is 5.32 Å². The van der Waals surface area contributed by atoms with Crippen molar-refractivity contribution >= 4 is 10.8 Å². The minimum absolute atomic E-state index is 0.638. The van der Waals surface area contributed by atoms with E-state index >= 15 is 0 Å². The molecule has 1 atom stereocenters. The van der Waals surface area contributed by atoms with Crippen molar-refractivity contribution in [1.82, 2.24) is 5.32 Å². The smallest absolute Gasteiger partial charge is 0.0107 e. The summed E-state index contributed by atoms with van der Waals surface area (Å²) in [6.45, 7) is 0. The van der Waals surface area contributed by atoms with Gasteiger partial charge in [-0.25, -0.2) is 0 Å². The second-order valence-corrected chi connectivity index (χ2v) is 5.55. The fourth-order valence-electron chi connectivity index (χ4n) is 2.71. The Morgan fingerprint density at radius 2 is 1.89 bits per heavy atom. The minimum atomic E-state index is 0.638. The topological polar surface area (TPSA) is 12.0 Å². The van der Waals surface area contributed by atoms with E-state index in [1.807, 2.05) is 0 Å².